The van der Waals surface area contributed by atoms with Crippen molar-refractivity contribution in [1.29, 1.82) is 0 Å². The van der Waals surface area contributed by atoms with Crippen LogP contribution in [0.25, 0.3) is 0 Å². The quantitative estimate of drug-likeness (QED) is 0.0698. The van der Waals surface area contributed by atoms with Crippen LogP contribution >= 0.6 is 0 Å². The number of benzene rings is 8. The Morgan fingerprint density at radius 1 is 0.211 bits per heavy atom. The van der Waals surface area contributed by atoms with E-state index in [1.54, 1.807) is 24.3 Å². The molecular formula is C64H72O8Si4. The zero-order valence-corrected chi connectivity index (χ0v) is 49.7. The molecular weight excluding hydrogens is 1010 g/mol. The topological polar surface area (TPSA) is 162 Å². The van der Waals surface area contributed by atoms with Gasteiger partial charge in [0.15, 0.2) is 0 Å². The number of phenols is 8. The lowest BCUT2D eigenvalue weighted by atomic mass is 9.75. The van der Waals surface area contributed by atoms with E-state index in [4.69, 9.17) is 0 Å². The Kier molecular flexibility index (Phi) is 13.9. The molecule has 0 spiro atoms. The van der Waals surface area contributed by atoms with Gasteiger partial charge < -0.3 is 40.9 Å². The van der Waals surface area contributed by atoms with Crippen LogP contribution in [0.2, 0.25) is 78.6 Å². The Bertz CT molecular complexity index is 2920. The first-order valence-electron chi connectivity index (χ1n) is 26.2. The maximum atomic E-state index is 12.3. The van der Waals surface area contributed by atoms with Crippen LogP contribution in [0.1, 0.15) is 90.4 Å². The van der Waals surface area contributed by atoms with Gasteiger partial charge in [-0.15, -0.1) is 0 Å². The summed E-state index contributed by atoms with van der Waals surface area (Å²) in [4.78, 5) is 0. The average Bonchev–Trinajstić information content (AvgIpc) is 3.33. The van der Waals surface area contributed by atoms with Gasteiger partial charge in [-0.2, -0.15) is 0 Å². The first kappa shape index (κ1) is 53.8. The van der Waals surface area contributed by atoms with Gasteiger partial charge in [-0.05, 0) is 46.5 Å². The van der Waals surface area contributed by atoms with Crippen molar-refractivity contribution in [2.75, 3.05) is 0 Å². The van der Waals surface area contributed by atoms with Crippen molar-refractivity contribution >= 4 is 53.0 Å². The predicted molar refractivity (Wildman–Crippen MR) is 321 cm³/mol. The van der Waals surface area contributed by atoms with E-state index in [1.807, 2.05) is 48.5 Å². The highest BCUT2D eigenvalue weighted by Gasteiger charge is 2.36. The first-order valence-corrected chi connectivity index (χ1v) is 40.2. The Hall–Kier alpha value is -6.97. The van der Waals surface area contributed by atoms with Crippen molar-refractivity contribution < 1.29 is 40.9 Å². The van der Waals surface area contributed by atoms with Crippen LogP contribution in [0.4, 0.5) is 0 Å². The van der Waals surface area contributed by atoms with Gasteiger partial charge in [0.25, 0.3) is 0 Å². The molecule has 1 aliphatic carbocycles. The van der Waals surface area contributed by atoms with Gasteiger partial charge in [-0.3, -0.25) is 0 Å². The highest BCUT2D eigenvalue weighted by molar-refractivity contribution is 6.90. The van der Waals surface area contributed by atoms with Crippen LogP contribution < -0.4 is 20.7 Å². The van der Waals surface area contributed by atoms with E-state index in [2.05, 4.69) is 127 Å². The smallest absolute Gasteiger partial charge is 0.123 e. The summed E-state index contributed by atoms with van der Waals surface area (Å²) in [5.74, 6) is -5.65. The second kappa shape index (κ2) is 19.6. The van der Waals surface area contributed by atoms with E-state index in [1.165, 1.54) is 45.0 Å². The number of rotatable bonds is 8. The molecule has 8 aromatic rings. The summed E-state index contributed by atoms with van der Waals surface area (Å²) in [6.45, 7) is 27.1. The van der Waals surface area contributed by atoms with Crippen molar-refractivity contribution in [3.63, 3.8) is 0 Å². The Labute approximate surface area is 452 Å². The summed E-state index contributed by atoms with van der Waals surface area (Å²) in [5.41, 5.74) is 5.51. The fraction of sp³-hybridized carbons (Fsp3) is 0.250. The van der Waals surface area contributed by atoms with Gasteiger partial charge in [0.2, 0.25) is 0 Å². The molecule has 0 fully saturated rings. The largest absolute Gasteiger partial charge is 0.507 e. The average molecular weight is 1080 g/mol. The van der Waals surface area contributed by atoms with E-state index in [0.29, 0.717) is 66.8 Å². The van der Waals surface area contributed by atoms with Crippen molar-refractivity contribution in [2.24, 2.45) is 0 Å². The van der Waals surface area contributed by atoms with Gasteiger partial charge in [-0.1, -0.05) is 196 Å². The number of hydrogen-bond donors (Lipinski definition) is 8. The lowest BCUT2D eigenvalue weighted by Crippen LogP contribution is -2.37. The van der Waals surface area contributed by atoms with Crippen LogP contribution in [-0.4, -0.2) is 73.1 Å². The maximum absolute atomic E-state index is 12.3. The molecule has 0 saturated carbocycles. The summed E-state index contributed by atoms with van der Waals surface area (Å²) >= 11 is 0. The van der Waals surface area contributed by atoms with Crippen LogP contribution in [0, 0.1) is 0 Å². The van der Waals surface area contributed by atoms with E-state index in [-0.39, 0.29) is 46.0 Å². The van der Waals surface area contributed by atoms with Crippen molar-refractivity contribution in [3.8, 4) is 46.0 Å². The van der Waals surface area contributed by atoms with Gasteiger partial charge in [0.05, 0.1) is 32.3 Å². The minimum Gasteiger partial charge on any atom is -0.507 e. The van der Waals surface area contributed by atoms with E-state index in [0.717, 1.165) is 0 Å². The summed E-state index contributed by atoms with van der Waals surface area (Å²) in [6.07, 6.45) is 0. The molecule has 8 bridgehead atoms. The predicted octanol–water partition coefficient (Wildman–Crippen LogP) is 12.5. The molecule has 0 aliphatic heterocycles. The molecule has 0 aromatic heterocycles. The van der Waals surface area contributed by atoms with Crippen LogP contribution in [0.15, 0.2) is 146 Å². The zero-order chi connectivity index (χ0) is 55.1. The SMILES string of the molecule is C[Si](C)(C)c1ccc(C2c3cc(c(O)cc3O)C(c3ccc([Si](C)(C)C)cc3)c3cc(c(O)cc3O)C(c3ccc([Si](C)(C)C)cc3)c3cc(c(O)cc3O)C(c3ccc([Si](C)(C)C)cc3)c3cc2c(O)cc3O)cc1. The molecule has 76 heavy (non-hydrogen) atoms. The summed E-state index contributed by atoms with van der Waals surface area (Å²) in [5, 5.41) is 103. The third-order valence-electron chi connectivity index (χ3n) is 15.6. The minimum absolute atomic E-state index is 0.250. The molecule has 8 nitrogen and oxygen atoms in total. The van der Waals surface area contributed by atoms with Gasteiger partial charge >= 0.3 is 0 Å². The summed E-state index contributed by atoms with van der Waals surface area (Å²) in [7, 11) is -7.25. The number of aromatic hydroxyl groups is 8. The molecule has 0 radical (unpaired) electrons. The molecule has 0 heterocycles. The lowest BCUT2D eigenvalue weighted by Gasteiger charge is -2.30. The normalized spacial score (nSPS) is 17.1. The molecule has 0 amide bonds. The highest BCUT2D eigenvalue weighted by Crippen LogP contribution is 2.53. The summed E-state index contributed by atoms with van der Waals surface area (Å²) in [6, 6.07) is 44.9. The fourth-order valence-electron chi connectivity index (χ4n) is 11.1. The Balaban J connectivity index is 1.46. The Morgan fingerprint density at radius 2 is 0.342 bits per heavy atom. The second-order valence-electron chi connectivity index (χ2n) is 25.1. The number of hydrogen-bond acceptors (Lipinski definition) is 8. The lowest BCUT2D eigenvalue weighted by molar-refractivity contribution is 0.431. The molecule has 8 aromatic carbocycles. The number of fused-ring (bicyclic) bond motifs is 8. The van der Waals surface area contributed by atoms with Crippen molar-refractivity contribution in [2.45, 2.75) is 102 Å². The highest BCUT2D eigenvalue weighted by atomic mass is 28.3. The van der Waals surface area contributed by atoms with Crippen LogP contribution in [-0.2, 0) is 0 Å². The van der Waals surface area contributed by atoms with E-state index < -0.39 is 56.0 Å². The molecule has 1 aliphatic rings. The molecule has 0 saturated heterocycles. The first-order chi connectivity index (χ1) is 35.5. The van der Waals surface area contributed by atoms with Crippen LogP contribution in [0.3, 0.4) is 0 Å². The third-order valence-corrected chi connectivity index (χ3v) is 23.9. The number of phenolic OH excluding ortho intramolecular Hbond substituents is 8. The van der Waals surface area contributed by atoms with Crippen molar-refractivity contribution in [3.05, 3.63) is 212 Å². The molecule has 392 valence electrons. The van der Waals surface area contributed by atoms with E-state index >= 15 is 0 Å². The standard InChI is InChI=1S/C64H72O8Si4/c1-73(2,3)41-21-13-37(14-22-41)61-45-29-47(55(67)33-53(45)65)62(38-15-23-42(24-16-38)74(4,5)6)49-31-51(59(71)35-57(49)69)64(40-19-27-44(28-20-40)76(10,11)12)52-32-50(58(70)36-60(52)72)63(48-30-46(61)54(66)34-56(48)68)39-17-25-43(26-18-39)75(7,8)9/h13-36,61-72H,1-12H3. The second-order valence-corrected chi connectivity index (χ2v) is 45.4. The van der Waals surface area contributed by atoms with Gasteiger partial charge in [0, 0.05) is 92.4 Å². The molecule has 8 N–H and O–H groups in total. The Morgan fingerprint density at radius 3 is 0.461 bits per heavy atom. The zero-order valence-electron chi connectivity index (χ0n) is 45.7. The van der Waals surface area contributed by atoms with Gasteiger partial charge in [0.1, 0.15) is 46.0 Å². The van der Waals surface area contributed by atoms with Crippen molar-refractivity contribution in [1.82, 2.24) is 0 Å². The van der Waals surface area contributed by atoms with Crippen LogP contribution in [0.5, 0.6) is 46.0 Å². The molecule has 9 rings (SSSR count). The summed E-state index contributed by atoms with van der Waals surface area (Å²) < 4.78 is 0. The third kappa shape index (κ3) is 10.2. The van der Waals surface area contributed by atoms with Gasteiger partial charge in [-0.25, -0.2) is 0 Å². The molecule has 0 atom stereocenters. The minimum atomic E-state index is -1.81. The fourth-order valence-corrected chi connectivity index (χ4v) is 15.8. The van der Waals surface area contributed by atoms with E-state index in [9.17, 15) is 40.9 Å². The maximum Gasteiger partial charge on any atom is 0.123 e. The molecule has 0 unspecified atom stereocenters. The molecule has 12 heteroatoms. The monoisotopic (exact) mass is 1080 g/mol.